The molecule has 3 unspecified atom stereocenters. The third-order valence-electron chi connectivity index (χ3n) is 8.45. The number of likely N-dealkylation sites (tertiary alicyclic amines) is 1. The zero-order chi connectivity index (χ0) is 31.3. The highest BCUT2D eigenvalue weighted by Gasteiger charge is 2.42. The van der Waals surface area contributed by atoms with Crippen LogP contribution >= 0.6 is 0 Å². The Kier molecular flexibility index (Phi) is 9.91. The normalized spacial score (nSPS) is 18.8. The number of carboxylic acid groups (broad SMARTS) is 1. The summed E-state index contributed by atoms with van der Waals surface area (Å²) in [5.41, 5.74) is 2.91. The molecule has 1 N–H and O–H groups in total. The second-order valence-corrected chi connectivity index (χ2v) is 18.4. The van der Waals surface area contributed by atoms with Crippen LogP contribution in [0.25, 0.3) is 10.8 Å². The van der Waals surface area contributed by atoms with Gasteiger partial charge in [0.25, 0.3) is 0 Å². The van der Waals surface area contributed by atoms with Crippen molar-refractivity contribution in [3.05, 3.63) is 107 Å². The van der Waals surface area contributed by atoms with Crippen molar-refractivity contribution in [1.82, 2.24) is 4.90 Å². The number of rotatable bonds is 11. The Morgan fingerprint density at radius 3 is 2.45 bits per heavy atom. The van der Waals surface area contributed by atoms with Crippen molar-refractivity contribution >= 4 is 24.9 Å². The average molecular weight is 616 g/mol. The van der Waals surface area contributed by atoms with E-state index in [1.807, 2.05) is 60.7 Å². The quantitative estimate of drug-likeness (QED) is 0.171. The summed E-state index contributed by atoms with van der Waals surface area (Å²) < 4.78 is 32.4. The number of halogens is 1. The smallest absolute Gasteiger partial charge is 0.407 e. The maximum Gasteiger partial charge on any atom is 0.407 e. The van der Waals surface area contributed by atoms with Crippen molar-refractivity contribution in [3.63, 3.8) is 0 Å². The zero-order valence-corrected chi connectivity index (χ0v) is 27.0. The number of benzene rings is 4. The van der Waals surface area contributed by atoms with Crippen LogP contribution in [-0.4, -0.2) is 50.0 Å². The second-order valence-electron chi connectivity index (χ2n) is 12.8. The number of amides is 1. The molecule has 0 spiro atoms. The van der Waals surface area contributed by atoms with Gasteiger partial charge in [0.15, 0.2) is 0 Å². The molecule has 0 bridgehead atoms. The Balaban J connectivity index is 1.44. The molecule has 4 aromatic rings. The summed E-state index contributed by atoms with van der Waals surface area (Å²) in [6, 6.07) is 27.3. The summed E-state index contributed by atoms with van der Waals surface area (Å²) in [6.45, 7) is 8.00. The third-order valence-corrected chi connectivity index (χ3v) is 10.2. The number of carbonyl (C=O) groups is 1. The van der Waals surface area contributed by atoms with Gasteiger partial charge in [-0.15, -0.1) is 0 Å². The molecule has 0 aliphatic carbocycles. The van der Waals surface area contributed by atoms with E-state index in [0.29, 0.717) is 26.2 Å². The summed E-state index contributed by atoms with van der Waals surface area (Å²) >= 11 is 0. The number of hydrogen-bond donors (Lipinski definition) is 1. The number of nitrogens with zero attached hydrogens (tertiary/aromatic N) is 1. The first-order chi connectivity index (χ1) is 21.1. The molecule has 0 radical (unpaired) electrons. The second kappa shape index (κ2) is 13.8. The van der Waals surface area contributed by atoms with Gasteiger partial charge in [-0.1, -0.05) is 74.2 Å². The summed E-state index contributed by atoms with van der Waals surface area (Å²) in [7, 11) is 0.187. The predicted octanol–water partition coefficient (Wildman–Crippen LogP) is 8.72. The van der Waals surface area contributed by atoms with Gasteiger partial charge in [-0.3, -0.25) is 0 Å². The molecule has 4 aromatic carbocycles. The molecule has 1 amide bonds. The van der Waals surface area contributed by atoms with Crippen molar-refractivity contribution in [2.75, 3.05) is 13.7 Å². The van der Waals surface area contributed by atoms with E-state index in [2.05, 4.69) is 31.8 Å². The van der Waals surface area contributed by atoms with E-state index in [4.69, 9.17) is 14.2 Å². The topological polar surface area (TPSA) is 68.2 Å². The minimum absolute atomic E-state index is 0.0536. The van der Waals surface area contributed by atoms with Gasteiger partial charge in [0.1, 0.15) is 23.9 Å². The first-order valence-electron chi connectivity index (χ1n) is 15.3. The maximum atomic E-state index is 13.9. The van der Waals surface area contributed by atoms with Crippen LogP contribution < -0.4 is 9.47 Å². The van der Waals surface area contributed by atoms with Crippen LogP contribution in [0.4, 0.5) is 9.18 Å². The lowest BCUT2D eigenvalue weighted by Gasteiger charge is -2.45. The molecule has 8 heteroatoms. The van der Waals surface area contributed by atoms with Crippen LogP contribution in [-0.2, 0) is 18.0 Å². The Morgan fingerprint density at radius 1 is 0.955 bits per heavy atom. The fourth-order valence-electron chi connectivity index (χ4n) is 6.14. The number of fused-ring (bicyclic) bond motifs is 1. The largest absolute Gasteiger partial charge is 0.497 e. The molecule has 44 heavy (non-hydrogen) atoms. The van der Waals surface area contributed by atoms with E-state index < -0.39 is 14.2 Å². The first kappa shape index (κ1) is 31.5. The van der Waals surface area contributed by atoms with Crippen LogP contribution in [0.1, 0.15) is 35.4 Å². The lowest BCUT2D eigenvalue weighted by atomic mass is 9.81. The maximum absolute atomic E-state index is 13.9. The van der Waals surface area contributed by atoms with Crippen LogP contribution in [0.5, 0.6) is 11.5 Å². The van der Waals surface area contributed by atoms with Crippen molar-refractivity contribution < 1.29 is 28.5 Å². The minimum Gasteiger partial charge on any atom is -0.497 e. The predicted molar refractivity (Wildman–Crippen MR) is 175 cm³/mol. The van der Waals surface area contributed by atoms with Gasteiger partial charge in [-0.05, 0) is 71.3 Å². The van der Waals surface area contributed by atoms with Crippen molar-refractivity contribution in [1.29, 1.82) is 0 Å². The molecule has 1 aliphatic heterocycles. The van der Waals surface area contributed by atoms with Gasteiger partial charge in [-0.25, -0.2) is 9.18 Å². The molecule has 3 atom stereocenters. The Morgan fingerprint density at radius 2 is 1.73 bits per heavy atom. The van der Waals surface area contributed by atoms with E-state index in [-0.39, 0.29) is 23.9 Å². The summed E-state index contributed by atoms with van der Waals surface area (Å²) in [5.74, 6) is 1.19. The highest BCUT2D eigenvalue weighted by atomic mass is 28.3. The number of hydrogen-bond acceptors (Lipinski definition) is 4. The molecule has 5 rings (SSSR count). The van der Waals surface area contributed by atoms with E-state index >= 15 is 0 Å². The Bertz CT molecular complexity index is 1570. The van der Waals surface area contributed by atoms with Crippen molar-refractivity contribution in [3.8, 4) is 11.5 Å². The third kappa shape index (κ3) is 7.79. The van der Waals surface area contributed by atoms with E-state index in [0.717, 1.165) is 51.4 Å². The summed E-state index contributed by atoms with van der Waals surface area (Å²) in [5, 5.41) is 12.2. The lowest BCUT2D eigenvalue weighted by Crippen LogP contribution is -2.54. The van der Waals surface area contributed by atoms with Gasteiger partial charge >= 0.3 is 6.09 Å². The Hall–Kier alpha value is -3.88. The number of methoxy groups -OCH3 is 1. The molecule has 0 aromatic heterocycles. The molecule has 1 saturated heterocycles. The van der Waals surface area contributed by atoms with Crippen molar-refractivity contribution in [2.45, 2.75) is 69.8 Å². The lowest BCUT2D eigenvalue weighted by molar-refractivity contribution is -0.0578. The van der Waals surface area contributed by atoms with Gasteiger partial charge in [-0.2, -0.15) is 0 Å². The van der Waals surface area contributed by atoms with Gasteiger partial charge in [0.2, 0.25) is 0 Å². The zero-order valence-electron chi connectivity index (χ0n) is 26.0. The van der Waals surface area contributed by atoms with Gasteiger partial charge in [0.05, 0.1) is 25.9 Å². The number of ether oxygens (including phenoxy) is 3. The standard InChI is InChI=1S/C36H42FNO5Si/c1-41-30-10-7-8-25(21-30)23-42-34-22-26(20-28-9-5-6-11-31(28)34)24-43-35-32(27-12-14-29(37)15-13-27)16-18-38(36(39)40)33(35)17-19-44(2,3)4/h5-15,20-22,32-33,35H,16-19,23-24H2,1-4H3,(H,39,40). The van der Waals surface area contributed by atoms with Crippen LogP contribution in [0.2, 0.25) is 25.7 Å². The van der Waals surface area contributed by atoms with Crippen LogP contribution in [0.3, 0.4) is 0 Å². The van der Waals surface area contributed by atoms with Crippen LogP contribution in [0, 0.1) is 5.82 Å². The molecule has 1 heterocycles. The van der Waals surface area contributed by atoms with Gasteiger partial charge < -0.3 is 24.2 Å². The summed E-state index contributed by atoms with van der Waals surface area (Å²) in [4.78, 5) is 14.0. The SMILES string of the molecule is COc1cccc(COc2cc(COC3C(c4ccc(F)cc4)CCN(C(=O)O)C3CC[Si](C)(C)C)cc3ccccc23)c1. The molecule has 0 saturated carbocycles. The molecular formula is C36H42FNO5Si. The van der Waals surface area contributed by atoms with Gasteiger partial charge in [0, 0.05) is 25.9 Å². The minimum atomic E-state index is -1.46. The molecular weight excluding hydrogens is 573 g/mol. The van der Waals surface area contributed by atoms with Crippen molar-refractivity contribution in [2.24, 2.45) is 0 Å². The molecule has 6 nitrogen and oxygen atoms in total. The van der Waals surface area contributed by atoms with E-state index in [1.54, 1.807) is 12.0 Å². The molecule has 232 valence electrons. The average Bonchev–Trinajstić information content (AvgIpc) is 3.01. The van der Waals surface area contributed by atoms with Crippen LogP contribution in [0.15, 0.2) is 84.9 Å². The fraction of sp³-hybridized carbons (Fsp3) is 0.361. The highest BCUT2D eigenvalue weighted by Crippen LogP contribution is 2.38. The monoisotopic (exact) mass is 615 g/mol. The number of piperidine rings is 1. The van der Waals surface area contributed by atoms with E-state index in [9.17, 15) is 14.3 Å². The molecule has 1 fully saturated rings. The molecule has 1 aliphatic rings. The fourth-order valence-corrected chi connectivity index (χ4v) is 7.30. The summed E-state index contributed by atoms with van der Waals surface area (Å²) in [6.07, 6.45) is 0.0420. The van der Waals surface area contributed by atoms with E-state index in [1.165, 1.54) is 12.1 Å². The Labute approximate surface area is 260 Å². The first-order valence-corrected chi connectivity index (χ1v) is 19.0. The highest BCUT2D eigenvalue weighted by molar-refractivity contribution is 6.76.